The second kappa shape index (κ2) is 5.59. The number of amides is 2. The van der Waals surface area contributed by atoms with Crippen molar-refractivity contribution in [2.24, 2.45) is 0 Å². The molecule has 0 saturated carbocycles. The van der Waals surface area contributed by atoms with Crippen LogP contribution in [0.25, 0.3) is 0 Å². The van der Waals surface area contributed by atoms with Crippen molar-refractivity contribution in [1.82, 2.24) is 10.2 Å². The summed E-state index contributed by atoms with van der Waals surface area (Å²) >= 11 is 0. The molecule has 1 heterocycles. The predicted octanol–water partition coefficient (Wildman–Crippen LogP) is 1.91. The summed E-state index contributed by atoms with van der Waals surface area (Å²) in [6.45, 7) is 9.87. The lowest BCUT2D eigenvalue weighted by molar-refractivity contribution is -0.126. The Balaban J connectivity index is 2.64. The fraction of sp³-hybridized carbons (Fsp3) is 0.846. The average molecular weight is 256 g/mol. The van der Waals surface area contributed by atoms with E-state index in [0.717, 1.165) is 6.42 Å². The summed E-state index contributed by atoms with van der Waals surface area (Å²) in [4.78, 5) is 25.5. The molecule has 1 aliphatic rings. The van der Waals surface area contributed by atoms with Gasteiger partial charge in [-0.1, -0.05) is 0 Å². The third-order valence-corrected chi connectivity index (χ3v) is 2.61. The molecular formula is C13H24N2O3. The third-order valence-electron chi connectivity index (χ3n) is 2.61. The molecule has 5 nitrogen and oxygen atoms in total. The maximum atomic E-state index is 12.0. The zero-order valence-electron chi connectivity index (χ0n) is 11.9. The van der Waals surface area contributed by atoms with Crippen molar-refractivity contribution in [3.05, 3.63) is 0 Å². The van der Waals surface area contributed by atoms with Gasteiger partial charge in [0.25, 0.3) is 0 Å². The minimum atomic E-state index is -0.529. The maximum absolute atomic E-state index is 12.0. The molecule has 0 radical (unpaired) electrons. The van der Waals surface area contributed by atoms with Crippen LogP contribution in [0.3, 0.4) is 0 Å². The Morgan fingerprint density at radius 2 is 1.94 bits per heavy atom. The molecule has 104 valence electrons. The van der Waals surface area contributed by atoms with E-state index in [4.69, 9.17) is 4.74 Å². The first-order chi connectivity index (χ1) is 8.20. The van der Waals surface area contributed by atoms with E-state index in [9.17, 15) is 9.59 Å². The van der Waals surface area contributed by atoms with Crippen molar-refractivity contribution < 1.29 is 14.3 Å². The van der Waals surface area contributed by atoms with E-state index in [1.54, 1.807) is 0 Å². The van der Waals surface area contributed by atoms with Crippen LogP contribution in [0.2, 0.25) is 0 Å². The summed E-state index contributed by atoms with van der Waals surface area (Å²) in [6, 6.07) is -0.305. The molecule has 0 aromatic rings. The van der Waals surface area contributed by atoms with Gasteiger partial charge in [0.15, 0.2) is 0 Å². The van der Waals surface area contributed by atoms with Gasteiger partial charge in [0.1, 0.15) is 11.6 Å². The van der Waals surface area contributed by atoms with E-state index in [0.29, 0.717) is 13.0 Å². The van der Waals surface area contributed by atoms with Crippen molar-refractivity contribution in [1.29, 1.82) is 0 Å². The highest BCUT2D eigenvalue weighted by Crippen LogP contribution is 2.21. The molecule has 0 bridgehead atoms. The Hall–Kier alpha value is -1.26. The number of ether oxygens (including phenoxy) is 1. The van der Waals surface area contributed by atoms with Crippen LogP contribution in [0.5, 0.6) is 0 Å². The number of hydrogen-bond donors (Lipinski definition) is 1. The number of hydrogen-bond acceptors (Lipinski definition) is 3. The van der Waals surface area contributed by atoms with Gasteiger partial charge in [-0.2, -0.15) is 0 Å². The zero-order chi connectivity index (χ0) is 13.9. The molecule has 0 aromatic heterocycles. The standard InChI is InChI=1S/C13H24N2O3/c1-9(2)14-11(16)10-7-6-8-15(10)12(17)18-13(3,4)5/h9-10H,6-8H2,1-5H3,(H,14,16)/t10-/m1/s1. The highest BCUT2D eigenvalue weighted by molar-refractivity contribution is 5.86. The number of nitrogens with zero attached hydrogens (tertiary/aromatic N) is 1. The maximum Gasteiger partial charge on any atom is 0.410 e. The Kier molecular flexibility index (Phi) is 4.59. The predicted molar refractivity (Wildman–Crippen MR) is 69.2 cm³/mol. The first-order valence-electron chi connectivity index (χ1n) is 6.50. The fourth-order valence-corrected chi connectivity index (χ4v) is 1.96. The second-order valence-electron chi connectivity index (χ2n) is 6.00. The summed E-state index contributed by atoms with van der Waals surface area (Å²) in [5.41, 5.74) is -0.529. The molecule has 1 saturated heterocycles. The number of carbonyl (C=O) groups is 2. The highest BCUT2D eigenvalue weighted by atomic mass is 16.6. The molecule has 0 spiro atoms. The van der Waals surface area contributed by atoms with Gasteiger partial charge in [-0.15, -0.1) is 0 Å². The Labute approximate surface area is 109 Å². The fourth-order valence-electron chi connectivity index (χ4n) is 1.96. The molecule has 5 heteroatoms. The summed E-state index contributed by atoms with van der Waals surface area (Å²) in [7, 11) is 0. The largest absolute Gasteiger partial charge is 0.444 e. The molecule has 1 rings (SSSR count). The Morgan fingerprint density at radius 3 is 2.44 bits per heavy atom. The topological polar surface area (TPSA) is 58.6 Å². The van der Waals surface area contributed by atoms with E-state index < -0.39 is 11.7 Å². The molecule has 1 aliphatic heterocycles. The Bertz CT molecular complexity index is 321. The van der Waals surface area contributed by atoms with E-state index in [-0.39, 0.29) is 18.0 Å². The van der Waals surface area contributed by atoms with Gasteiger partial charge < -0.3 is 10.1 Å². The zero-order valence-corrected chi connectivity index (χ0v) is 11.9. The van der Waals surface area contributed by atoms with Gasteiger partial charge in [-0.3, -0.25) is 9.69 Å². The lowest BCUT2D eigenvalue weighted by atomic mass is 10.2. The smallest absolute Gasteiger partial charge is 0.410 e. The molecule has 1 N–H and O–H groups in total. The second-order valence-corrected chi connectivity index (χ2v) is 6.00. The number of rotatable bonds is 2. The van der Waals surface area contributed by atoms with Crippen LogP contribution in [-0.4, -0.2) is 41.1 Å². The monoisotopic (exact) mass is 256 g/mol. The molecule has 0 aliphatic carbocycles. The minimum Gasteiger partial charge on any atom is -0.444 e. The SMILES string of the molecule is CC(C)NC(=O)[C@H]1CCCN1C(=O)OC(C)(C)C. The number of likely N-dealkylation sites (tertiary alicyclic amines) is 1. The van der Waals surface area contributed by atoms with Gasteiger partial charge in [-0.05, 0) is 47.5 Å². The van der Waals surface area contributed by atoms with Crippen molar-refractivity contribution >= 4 is 12.0 Å². The first kappa shape index (κ1) is 14.8. The van der Waals surface area contributed by atoms with Gasteiger partial charge in [-0.25, -0.2) is 4.79 Å². The van der Waals surface area contributed by atoms with Crippen LogP contribution in [0.15, 0.2) is 0 Å². The van der Waals surface area contributed by atoms with Crippen molar-refractivity contribution in [3.8, 4) is 0 Å². The Morgan fingerprint density at radius 1 is 1.33 bits per heavy atom. The van der Waals surface area contributed by atoms with Crippen LogP contribution in [0.1, 0.15) is 47.5 Å². The van der Waals surface area contributed by atoms with Crippen molar-refractivity contribution in [2.45, 2.75) is 65.1 Å². The van der Waals surface area contributed by atoms with Gasteiger partial charge >= 0.3 is 6.09 Å². The van der Waals surface area contributed by atoms with Crippen LogP contribution >= 0.6 is 0 Å². The molecule has 2 amide bonds. The highest BCUT2D eigenvalue weighted by Gasteiger charge is 2.36. The van der Waals surface area contributed by atoms with E-state index >= 15 is 0 Å². The van der Waals surface area contributed by atoms with Gasteiger partial charge in [0.05, 0.1) is 0 Å². The molecule has 1 fully saturated rings. The molecule has 0 unspecified atom stereocenters. The average Bonchev–Trinajstić information content (AvgIpc) is 2.61. The normalized spacial score (nSPS) is 20.1. The quantitative estimate of drug-likeness (QED) is 0.821. The van der Waals surface area contributed by atoms with Gasteiger partial charge in [0, 0.05) is 12.6 Å². The lowest BCUT2D eigenvalue weighted by Crippen LogP contribution is -2.48. The van der Waals surface area contributed by atoms with Crippen LogP contribution in [-0.2, 0) is 9.53 Å². The van der Waals surface area contributed by atoms with Crippen LogP contribution < -0.4 is 5.32 Å². The van der Waals surface area contributed by atoms with Crippen molar-refractivity contribution in [2.75, 3.05) is 6.54 Å². The molecule has 1 atom stereocenters. The lowest BCUT2D eigenvalue weighted by Gasteiger charge is -2.28. The summed E-state index contributed by atoms with van der Waals surface area (Å²) in [6.07, 6.45) is 1.15. The van der Waals surface area contributed by atoms with Crippen molar-refractivity contribution in [3.63, 3.8) is 0 Å². The van der Waals surface area contributed by atoms with Gasteiger partial charge in [0.2, 0.25) is 5.91 Å². The van der Waals surface area contributed by atoms with E-state index in [2.05, 4.69) is 5.32 Å². The van der Waals surface area contributed by atoms with Crippen LogP contribution in [0.4, 0.5) is 4.79 Å². The number of nitrogens with one attached hydrogen (secondary N) is 1. The third kappa shape index (κ3) is 4.20. The van der Waals surface area contributed by atoms with E-state index in [1.165, 1.54) is 4.90 Å². The summed E-state index contributed by atoms with van der Waals surface area (Å²) in [5.74, 6) is -0.0895. The molecular weight excluding hydrogens is 232 g/mol. The van der Waals surface area contributed by atoms with E-state index in [1.807, 2.05) is 34.6 Å². The minimum absolute atomic E-state index is 0.0820. The molecule has 18 heavy (non-hydrogen) atoms. The van der Waals surface area contributed by atoms with Crippen LogP contribution in [0, 0.1) is 0 Å². The summed E-state index contributed by atoms with van der Waals surface area (Å²) < 4.78 is 5.31. The number of carbonyl (C=O) groups excluding carboxylic acids is 2. The summed E-state index contributed by atoms with van der Waals surface area (Å²) in [5, 5.41) is 2.84. The first-order valence-corrected chi connectivity index (χ1v) is 6.50. The molecule has 0 aromatic carbocycles.